The molecule has 0 bridgehead atoms. The zero-order valence-corrected chi connectivity index (χ0v) is 14.7. The van der Waals surface area contributed by atoms with Crippen molar-refractivity contribution < 1.29 is 13.6 Å². The standard InChI is InChI=1S/C19H19F2N5O/c1-10-18(23-8-15(20)21)26-16-12(3-2-4-13(16)24-10)14-7-11(9-27)17(25-14)19(22)5-6-19/h2-4,7,9,15,25H,5-6,8,22H2,1H3,(H,23,26). The Morgan fingerprint density at radius 1 is 1.37 bits per heavy atom. The maximum atomic E-state index is 12.6. The molecule has 4 N–H and O–H groups in total. The Kier molecular flexibility index (Phi) is 4.15. The van der Waals surface area contributed by atoms with Crippen LogP contribution in [0.3, 0.4) is 0 Å². The Morgan fingerprint density at radius 2 is 2.15 bits per heavy atom. The molecule has 1 aliphatic carbocycles. The molecule has 0 aliphatic heterocycles. The molecule has 0 spiro atoms. The lowest BCUT2D eigenvalue weighted by Crippen LogP contribution is -2.20. The molecule has 27 heavy (non-hydrogen) atoms. The third-order valence-corrected chi connectivity index (χ3v) is 4.84. The maximum absolute atomic E-state index is 12.6. The van der Waals surface area contributed by atoms with E-state index < -0.39 is 18.5 Å². The first-order chi connectivity index (χ1) is 12.9. The predicted molar refractivity (Wildman–Crippen MR) is 99.0 cm³/mol. The van der Waals surface area contributed by atoms with E-state index in [1.807, 2.05) is 18.2 Å². The van der Waals surface area contributed by atoms with Crippen LogP contribution >= 0.6 is 0 Å². The summed E-state index contributed by atoms with van der Waals surface area (Å²) >= 11 is 0. The Bertz CT molecular complexity index is 1030. The van der Waals surface area contributed by atoms with Crippen molar-refractivity contribution >= 4 is 23.1 Å². The number of aryl methyl sites for hydroxylation is 1. The van der Waals surface area contributed by atoms with E-state index in [1.165, 1.54) is 0 Å². The number of para-hydroxylation sites is 1. The lowest BCUT2D eigenvalue weighted by molar-refractivity contribution is 0.112. The number of nitrogens with two attached hydrogens (primary N) is 1. The van der Waals surface area contributed by atoms with Crippen molar-refractivity contribution in [3.05, 3.63) is 41.2 Å². The van der Waals surface area contributed by atoms with Gasteiger partial charge in [0, 0.05) is 22.5 Å². The van der Waals surface area contributed by atoms with E-state index in [9.17, 15) is 13.6 Å². The summed E-state index contributed by atoms with van der Waals surface area (Å²) in [7, 11) is 0. The van der Waals surface area contributed by atoms with Gasteiger partial charge >= 0.3 is 0 Å². The number of H-pyrrole nitrogens is 1. The smallest absolute Gasteiger partial charge is 0.255 e. The zero-order chi connectivity index (χ0) is 19.2. The van der Waals surface area contributed by atoms with Gasteiger partial charge in [-0.1, -0.05) is 12.1 Å². The number of nitrogens with one attached hydrogen (secondary N) is 2. The van der Waals surface area contributed by atoms with Gasteiger partial charge in [0.25, 0.3) is 6.43 Å². The fourth-order valence-electron chi connectivity index (χ4n) is 3.23. The molecular formula is C19H19F2N5O. The molecule has 8 heteroatoms. The van der Waals surface area contributed by atoms with Gasteiger partial charge < -0.3 is 16.0 Å². The third kappa shape index (κ3) is 3.16. The van der Waals surface area contributed by atoms with Gasteiger partial charge in [0.2, 0.25) is 0 Å². The van der Waals surface area contributed by atoms with Crippen molar-refractivity contribution in [2.24, 2.45) is 5.73 Å². The van der Waals surface area contributed by atoms with Crippen LogP contribution in [0.25, 0.3) is 22.3 Å². The lowest BCUT2D eigenvalue weighted by Gasteiger charge is -2.11. The normalized spacial score (nSPS) is 15.3. The van der Waals surface area contributed by atoms with Gasteiger partial charge in [0.15, 0.2) is 6.29 Å². The van der Waals surface area contributed by atoms with Crippen molar-refractivity contribution in [2.45, 2.75) is 31.7 Å². The third-order valence-electron chi connectivity index (χ3n) is 4.84. The molecule has 0 unspecified atom stereocenters. The summed E-state index contributed by atoms with van der Waals surface area (Å²) in [6.07, 6.45) is -0.0510. The number of anilines is 1. The number of halogens is 2. The first kappa shape index (κ1) is 17.5. The Balaban J connectivity index is 1.83. The molecule has 0 atom stereocenters. The molecule has 3 aromatic rings. The van der Waals surface area contributed by atoms with Crippen molar-refractivity contribution in [2.75, 3.05) is 11.9 Å². The van der Waals surface area contributed by atoms with Gasteiger partial charge in [-0.05, 0) is 31.9 Å². The van der Waals surface area contributed by atoms with Crippen LogP contribution in [-0.2, 0) is 5.54 Å². The van der Waals surface area contributed by atoms with Crippen LogP contribution in [0, 0.1) is 6.92 Å². The summed E-state index contributed by atoms with van der Waals surface area (Å²) in [5.74, 6) is 0.315. The van der Waals surface area contributed by atoms with Crippen LogP contribution in [0.2, 0.25) is 0 Å². The summed E-state index contributed by atoms with van der Waals surface area (Å²) < 4.78 is 25.1. The van der Waals surface area contributed by atoms with Crippen LogP contribution in [0.5, 0.6) is 0 Å². The predicted octanol–water partition coefficient (Wildman–Crippen LogP) is 3.37. The fourth-order valence-corrected chi connectivity index (χ4v) is 3.23. The summed E-state index contributed by atoms with van der Waals surface area (Å²) in [5.41, 5.74) is 10.2. The number of hydrogen-bond acceptors (Lipinski definition) is 5. The number of carbonyl (C=O) groups excluding carboxylic acids is 1. The van der Waals surface area contributed by atoms with Crippen molar-refractivity contribution in [1.82, 2.24) is 15.0 Å². The Morgan fingerprint density at radius 3 is 2.81 bits per heavy atom. The fraction of sp³-hybridized carbons (Fsp3) is 0.316. The molecule has 0 saturated heterocycles. The van der Waals surface area contributed by atoms with Gasteiger partial charge in [-0.2, -0.15) is 0 Å². The molecule has 4 rings (SSSR count). The summed E-state index contributed by atoms with van der Waals surface area (Å²) in [6, 6.07) is 7.25. The summed E-state index contributed by atoms with van der Waals surface area (Å²) in [5, 5.41) is 2.64. The Labute approximate surface area is 154 Å². The highest BCUT2D eigenvalue weighted by Crippen LogP contribution is 2.44. The van der Waals surface area contributed by atoms with Crippen molar-refractivity contribution in [3.63, 3.8) is 0 Å². The number of nitrogens with zero attached hydrogens (tertiary/aromatic N) is 2. The zero-order valence-electron chi connectivity index (χ0n) is 14.7. The molecule has 2 aromatic heterocycles. The van der Waals surface area contributed by atoms with E-state index in [0.717, 1.165) is 30.4 Å². The number of hydrogen-bond donors (Lipinski definition) is 3. The van der Waals surface area contributed by atoms with Gasteiger partial charge in [-0.15, -0.1) is 0 Å². The number of alkyl halides is 2. The number of aldehydes is 1. The number of carbonyl (C=O) groups is 1. The molecular weight excluding hydrogens is 352 g/mol. The largest absolute Gasteiger partial charge is 0.363 e. The molecule has 0 amide bonds. The Hall–Kier alpha value is -2.87. The lowest BCUT2D eigenvalue weighted by atomic mass is 10.1. The van der Waals surface area contributed by atoms with E-state index in [0.29, 0.717) is 33.8 Å². The van der Waals surface area contributed by atoms with Crippen molar-refractivity contribution in [3.8, 4) is 11.3 Å². The number of rotatable bonds is 6. The van der Waals surface area contributed by atoms with Crippen molar-refractivity contribution in [1.29, 1.82) is 0 Å². The molecule has 1 aromatic carbocycles. The van der Waals surface area contributed by atoms with E-state index in [4.69, 9.17) is 5.73 Å². The first-order valence-corrected chi connectivity index (χ1v) is 8.68. The van der Waals surface area contributed by atoms with Gasteiger partial charge in [-0.25, -0.2) is 18.7 Å². The van der Waals surface area contributed by atoms with Gasteiger partial charge in [-0.3, -0.25) is 4.79 Å². The minimum absolute atomic E-state index is 0.315. The summed E-state index contributed by atoms with van der Waals surface area (Å²) in [4.78, 5) is 23.7. The number of benzene rings is 1. The number of aromatic nitrogens is 3. The molecule has 0 radical (unpaired) electrons. The van der Waals surface area contributed by atoms with E-state index >= 15 is 0 Å². The second-order valence-corrected chi connectivity index (χ2v) is 6.89. The minimum Gasteiger partial charge on any atom is -0.363 e. The summed E-state index contributed by atoms with van der Waals surface area (Å²) in [6.45, 7) is 1.22. The average Bonchev–Trinajstić information content (AvgIpc) is 3.23. The molecule has 6 nitrogen and oxygen atoms in total. The second-order valence-electron chi connectivity index (χ2n) is 6.89. The highest BCUT2D eigenvalue weighted by Gasteiger charge is 2.43. The first-order valence-electron chi connectivity index (χ1n) is 8.68. The highest BCUT2D eigenvalue weighted by atomic mass is 19.3. The molecule has 1 aliphatic rings. The molecule has 140 valence electrons. The quantitative estimate of drug-likeness (QED) is 0.577. The highest BCUT2D eigenvalue weighted by molar-refractivity contribution is 5.93. The van der Waals surface area contributed by atoms with E-state index in [-0.39, 0.29) is 0 Å². The average molecular weight is 371 g/mol. The minimum atomic E-state index is -2.49. The molecule has 1 fully saturated rings. The monoisotopic (exact) mass is 371 g/mol. The second kappa shape index (κ2) is 6.38. The van der Waals surface area contributed by atoms with Crippen LogP contribution in [0.1, 0.15) is 34.6 Å². The molecule has 2 heterocycles. The number of aromatic amines is 1. The van der Waals surface area contributed by atoms with Crippen LogP contribution in [-0.4, -0.2) is 34.2 Å². The van der Waals surface area contributed by atoms with Crippen LogP contribution in [0.15, 0.2) is 24.3 Å². The topological polar surface area (TPSA) is 96.7 Å². The van der Waals surface area contributed by atoms with E-state index in [1.54, 1.807) is 13.0 Å². The maximum Gasteiger partial charge on any atom is 0.255 e. The van der Waals surface area contributed by atoms with Crippen LogP contribution in [0.4, 0.5) is 14.6 Å². The van der Waals surface area contributed by atoms with Gasteiger partial charge in [0.05, 0.1) is 23.3 Å². The van der Waals surface area contributed by atoms with E-state index in [2.05, 4.69) is 20.3 Å². The van der Waals surface area contributed by atoms with Crippen LogP contribution < -0.4 is 11.1 Å². The SMILES string of the molecule is Cc1nc2cccc(-c3cc(C=O)c(C4(N)CC4)[nH]3)c2nc1NCC(F)F. The number of fused-ring (bicyclic) bond motifs is 1. The molecule has 1 saturated carbocycles. The van der Waals surface area contributed by atoms with Gasteiger partial charge in [0.1, 0.15) is 11.3 Å².